The van der Waals surface area contributed by atoms with E-state index >= 15 is 0 Å². The number of likely N-dealkylation sites (tertiary alicyclic amines) is 6. The van der Waals surface area contributed by atoms with Gasteiger partial charge in [-0.25, -0.2) is 9.97 Å². The standard InChI is InChI=1S/2C17H28N2O.C14H23N3O2.C14H23N3OS.C12H20N4O2.C12H20N4OS/c1-16(2)7-6-13(10-16)12-19-9-8-17(3,4)11-14(18-5)15(19)20;1-16(2)9-10-19(15(20)14(11-16)18-5)12-13-7-6-8-17(13,3)4;2*1-10-16-8-11(19-10)9-17-6-5-14(2,3)7-12(15-4)13(17)18;2*1-12(2)4-5-16(7-10-15-14-8-18-10)11(17)9(6-12)13-3/h6-7,10,14,18H,8-9,11-12H2,1-5H3;6-8,14,18H,9-12H2,1-5H3;2*8,12,15H,5-7,9H2,1-4H3;2*8-9,13H,4-7H2,1-3H3. The van der Waals surface area contributed by atoms with Gasteiger partial charge >= 0.3 is 0 Å². The van der Waals surface area contributed by atoms with Crippen LogP contribution in [0, 0.1) is 57.2 Å². The number of hydrogen-bond acceptors (Lipinski definition) is 22. The number of oxazole rings is 1. The molecule has 26 nitrogen and oxygen atoms in total. The summed E-state index contributed by atoms with van der Waals surface area (Å²) in [6, 6.07) is -0.494. The van der Waals surface area contributed by atoms with E-state index in [0.717, 1.165) is 145 Å². The summed E-state index contributed by atoms with van der Waals surface area (Å²) in [5.41, 5.74) is 5.69. The predicted molar refractivity (Wildman–Crippen MR) is 454 cm³/mol. The van der Waals surface area contributed by atoms with Gasteiger partial charge in [0, 0.05) is 81.2 Å². The van der Waals surface area contributed by atoms with Crippen LogP contribution in [0.4, 0.5) is 0 Å². The molecular weight excluding hydrogens is 1480 g/mol. The maximum atomic E-state index is 12.7. The van der Waals surface area contributed by atoms with Gasteiger partial charge in [-0.1, -0.05) is 147 Å². The van der Waals surface area contributed by atoms with Crippen molar-refractivity contribution in [2.24, 2.45) is 43.3 Å². The highest BCUT2D eigenvalue weighted by Gasteiger charge is 2.42. The first kappa shape index (κ1) is 94.2. The van der Waals surface area contributed by atoms with Crippen molar-refractivity contribution in [1.82, 2.24) is 91.7 Å². The van der Waals surface area contributed by atoms with E-state index in [0.29, 0.717) is 38.0 Å². The molecule has 636 valence electrons. The van der Waals surface area contributed by atoms with Crippen LogP contribution in [-0.2, 0) is 54.9 Å². The number of rotatable bonds is 18. The van der Waals surface area contributed by atoms with Crippen LogP contribution in [0.15, 0.2) is 80.7 Å². The molecular formula is C86H142N18O8S2. The van der Waals surface area contributed by atoms with E-state index in [1.54, 1.807) is 27.9 Å². The number of carbonyl (C=O) groups excluding carboxylic acids is 6. The van der Waals surface area contributed by atoms with Crippen LogP contribution < -0.4 is 31.9 Å². The molecule has 10 heterocycles. The molecule has 8 aliphatic rings. The SMILES string of the molecule is CNC1CC(C)(C)CCN(CC2=CC(C)(C)C=C2)C1=O.CNC1CC(C)(C)CCN(CC2=CC=CC2(C)C)C1=O.CNC1CC(C)(C)CCN(Cc2cnc(C)o2)C1=O.CNC1CC(C)(C)CCN(Cc2cnc(C)s2)C1=O.CNC1CC(C)(C)CCN(Cc2nnco2)C1=O.CNC1CC(C)(C)CCN(Cc2nncs2)C1=O. The van der Waals surface area contributed by atoms with Gasteiger partial charge in [0.1, 0.15) is 16.3 Å². The van der Waals surface area contributed by atoms with Gasteiger partial charge in [0.2, 0.25) is 47.7 Å². The fourth-order valence-corrected chi connectivity index (χ4v) is 17.3. The minimum atomic E-state index is -0.134. The highest BCUT2D eigenvalue weighted by Crippen LogP contribution is 2.39. The van der Waals surface area contributed by atoms with Crippen molar-refractivity contribution in [2.75, 3.05) is 94.6 Å². The third-order valence-corrected chi connectivity index (χ3v) is 25.4. The van der Waals surface area contributed by atoms with Gasteiger partial charge in [-0.15, -0.1) is 43.1 Å². The van der Waals surface area contributed by atoms with E-state index in [9.17, 15) is 28.8 Å². The van der Waals surface area contributed by atoms with Crippen LogP contribution in [0.1, 0.15) is 220 Å². The normalized spacial score (nSPS) is 25.4. The van der Waals surface area contributed by atoms with Gasteiger partial charge < -0.3 is 70.1 Å². The summed E-state index contributed by atoms with van der Waals surface area (Å²) in [6.07, 6.45) is 29.5. The molecule has 4 aromatic rings. The van der Waals surface area contributed by atoms with E-state index < -0.39 is 0 Å². The second-order valence-corrected chi connectivity index (χ2v) is 40.6. The molecule has 0 aromatic carbocycles. The molecule has 6 atom stereocenters. The molecule has 2 aliphatic carbocycles. The molecule has 0 saturated carbocycles. The van der Waals surface area contributed by atoms with Crippen molar-refractivity contribution in [3.05, 3.63) is 104 Å². The van der Waals surface area contributed by atoms with Crippen LogP contribution in [0.2, 0.25) is 0 Å². The zero-order valence-corrected chi connectivity index (χ0v) is 75.3. The highest BCUT2D eigenvalue weighted by atomic mass is 32.1. The number of allylic oxidation sites excluding steroid dienone is 5. The first-order valence-electron chi connectivity index (χ1n) is 41.2. The van der Waals surface area contributed by atoms with Crippen molar-refractivity contribution in [3.63, 3.8) is 0 Å². The predicted octanol–water partition coefficient (Wildman–Crippen LogP) is 11.5. The van der Waals surface area contributed by atoms with Crippen molar-refractivity contribution < 1.29 is 37.6 Å². The number of thiazole rings is 1. The summed E-state index contributed by atoms with van der Waals surface area (Å²) in [4.78, 5) is 96.2. The average molecular weight is 1620 g/mol. The number of carbonyl (C=O) groups is 6. The Kier molecular flexibility index (Phi) is 33.9. The smallest absolute Gasteiger partial charge is 0.240 e. The molecule has 12 rings (SSSR count). The quantitative estimate of drug-likeness (QED) is 0.0539. The van der Waals surface area contributed by atoms with E-state index in [4.69, 9.17) is 8.83 Å². The van der Waals surface area contributed by atoms with E-state index in [1.165, 1.54) is 33.8 Å². The van der Waals surface area contributed by atoms with E-state index in [2.05, 4.69) is 209 Å². The zero-order valence-electron chi connectivity index (χ0n) is 73.7. The summed E-state index contributed by atoms with van der Waals surface area (Å²) < 4.78 is 10.6. The van der Waals surface area contributed by atoms with Gasteiger partial charge in [-0.05, 0) is 170 Å². The van der Waals surface area contributed by atoms with Crippen LogP contribution in [-0.4, -0.2) is 226 Å². The van der Waals surface area contributed by atoms with Gasteiger partial charge in [0.25, 0.3) is 0 Å². The fraction of sp³-hybridized carbons (Fsp3) is 0.721. The molecule has 0 radical (unpaired) electrons. The van der Waals surface area contributed by atoms with Crippen LogP contribution in [0.25, 0.3) is 0 Å². The Morgan fingerprint density at radius 3 is 1.15 bits per heavy atom. The monoisotopic (exact) mass is 1620 g/mol. The summed E-state index contributed by atoms with van der Waals surface area (Å²) in [5.74, 6) is 3.04. The van der Waals surface area contributed by atoms with E-state index in [1.807, 2.05) is 86.8 Å². The lowest BCUT2D eigenvalue weighted by Crippen LogP contribution is -2.45. The van der Waals surface area contributed by atoms with Gasteiger partial charge in [0.05, 0.1) is 73.6 Å². The maximum Gasteiger partial charge on any atom is 0.240 e. The lowest BCUT2D eigenvalue weighted by Gasteiger charge is -2.29. The van der Waals surface area contributed by atoms with Crippen LogP contribution >= 0.6 is 22.7 Å². The Balaban J connectivity index is 0.000000190. The molecule has 114 heavy (non-hydrogen) atoms. The van der Waals surface area contributed by atoms with Gasteiger partial charge in [0.15, 0.2) is 5.89 Å². The average Bonchev–Trinajstić information content (AvgIpc) is 1.67. The summed E-state index contributed by atoms with van der Waals surface area (Å²) >= 11 is 3.17. The molecule has 4 aromatic heterocycles. The number of aromatic nitrogens is 6. The summed E-state index contributed by atoms with van der Waals surface area (Å²) in [6.45, 7) is 47.9. The molecule has 6 aliphatic heterocycles. The molecule has 6 amide bonds. The number of nitrogens with zero attached hydrogens (tertiary/aromatic N) is 12. The van der Waals surface area contributed by atoms with Gasteiger partial charge in [-0.3, -0.25) is 28.8 Å². The first-order valence-corrected chi connectivity index (χ1v) is 42.9. The highest BCUT2D eigenvalue weighted by molar-refractivity contribution is 7.11. The molecule has 28 heteroatoms. The number of likely N-dealkylation sites (N-methyl/N-ethyl adjacent to an activating group) is 6. The minimum Gasteiger partial charge on any atom is -0.444 e. The van der Waals surface area contributed by atoms with Crippen LogP contribution in [0.5, 0.6) is 0 Å². The van der Waals surface area contributed by atoms with Crippen LogP contribution in [0.3, 0.4) is 0 Å². The molecule has 6 fully saturated rings. The van der Waals surface area contributed by atoms with Crippen molar-refractivity contribution in [3.8, 4) is 0 Å². The van der Waals surface area contributed by atoms with Crippen molar-refractivity contribution in [1.29, 1.82) is 0 Å². The Labute approximate surface area is 690 Å². The lowest BCUT2D eigenvalue weighted by molar-refractivity contribution is -0.134. The van der Waals surface area contributed by atoms with Crippen molar-refractivity contribution in [2.45, 2.75) is 264 Å². The maximum absolute atomic E-state index is 12.7. The number of hydrogen-bond donors (Lipinski definition) is 6. The Bertz CT molecular complexity index is 3720. The van der Waals surface area contributed by atoms with E-state index in [-0.39, 0.29) is 115 Å². The minimum absolute atomic E-state index is 0.0495. The first-order chi connectivity index (χ1) is 53.3. The van der Waals surface area contributed by atoms with Gasteiger partial charge in [-0.2, -0.15) is 0 Å². The number of nitrogens with one attached hydrogen (secondary N) is 6. The summed E-state index contributed by atoms with van der Waals surface area (Å²) in [5, 5.41) is 36.2. The fourth-order valence-electron chi connectivity index (χ4n) is 15.9. The number of aryl methyl sites for hydroxylation is 2. The molecule has 0 bridgehead atoms. The second-order valence-electron chi connectivity index (χ2n) is 38.3. The molecule has 6 saturated heterocycles. The molecule has 6 unspecified atom stereocenters. The van der Waals surface area contributed by atoms with Crippen molar-refractivity contribution >= 4 is 58.1 Å². The number of amides is 6. The summed E-state index contributed by atoms with van der Waals surface area (Å²) in [7, 11) is 11.2. The third kappa shape index (κ3) is 28.7. The second kappa shape index (κ2) is 41.0. The lowest BCUT2D eigenvalue weighted by atomic mass is 9.83. The zero-order chi connectivity index (χ0) is 84.4. The Morgan fingerprint density at radius 2 is 0.833 bits per heavy atom. The third-order valence-electron chi connectivity index (χ3n) is 23.8. The molecule has 6 N–H and O–H groups in total. The largest absolute Gasteiger partial charge is 0.444 e. The Morgan fingerprint density at radius 1 is 0.447 bits per heavy atom. The Hall–Kier alpha value is -6.92. The topological polar surface area (TPSA) is 298 Å². The molecule has 0 spiro atoms.